The number of ether oxygens (including phenoxy) is 1. The maximum Gasteiger partial charge on any atom is 0.151 e. The SMILES string of the molecule is C/C(=C(/OCc1cn(-c2cc(Cl)cc(Cl)c2)nn1)c1ccc(F)cc1F)n1cncn1. The predicted octanol–water partition coefficient (Wildman–Crippen LogP) is 5.01. The van der Waals surface area contributed by atoms with Gasteiger partial charge < -0.3 is 4.74 Å². The van der Waals surface area contributed by atoms with Crippen molar-refractivity contribution in [1.29, 1.82) is 0 Å². The van der Waals surface area contributed by atoms with Crippen LogP contribution in [0.25, 0.3) is 17.1 Å². The third-order valence-electron chi connectivity index (χ3n) is 4.28. The first-order chi connectivity index (χ1) is 14.9. The van der Waals surface area contributed by atoms with E-state index in [1.807, 2.05) is 0 Å². The van der Waals surface area contributed by atoms with E-state index in [0.29, 0.717) is 27.1 Å². The molecule has 158 valence electrons. The molecule has 0 aliphatic rings. The first kappa shape index (κ1) is 21.0. The molecule has 0 amide bonds. The summed E-state index contributed by atoms with van der Waals surface area (Å²) in [5.41, 5.74) is 1.61. The Morgan fingerprint density at radius 1 is 1.10 bits per heavy atom. The van der Waals surface area contributed by atoms with Crippen molar-refractivity contribution < 1.29 is 13.5 Å². The van der Waals surface area contributed by atoms with E-state index in [-0.39, 0.29) is 17.9 Å². The standard InChI is InChI=1S/C20H14Cl2F2N6O/c1-12(30-11-25-10-26-30)20(18-3-2-15(23)7-19(18)24)31-9-16-8-29(28-27-16)17-5-13(21)4-14(22)6-17/h2-8,10-11H,9H2,1H3/b20-12-. The van der Waals surface area contributed by atoms with Crippen molar-refractivity contribution in [3.05, 3.63) is 88.2 Å². The number of halogens is 4. The van der Waals surface area contributed by atoms with Crippen LogP contribution in [0.15, 0.2) is 55.2 Å². The van der Waals surface area contributed by atoms with Gasteiger partial charge in [0.2, 0.25) is 0 Å². The molecule has 0 radical (unpaired) electrons. The van der Waals surface area contributed by atoms with Crippen LogP contribution >= 0.6 is 23.2 Å². The molecule has 2 heterocycles. The Hall–Kier alpha value is -3.30. The van der Waals surface area contributed by atoms with Gasteiger partial charge in [-0.2, -0.15) is 5.10 Å². The van der Waals surface area contributed by atoms with E-state index in [1.54, 1.807) is 31.3 Å². The molecule has 0 unspecified atom stereocenters. The molecule has 4 aromatic rings. The van der Waals surface area contributed by atoms with E-state index in [1.165, 1.54) is 28.1 Å². The van der Waals surface area contributed by atoms with E-state index in [0.717, 1.165) is 12.1 Å². The third kappa shape index (κ3) is 4.73. The Morgan fingerprint density at radius 2 is 1.87 bits per heavy atom. The normalized spacial score (nSPS) is 12.0. The zero-order valence-electron chi connectivity index (χ0n) is 16.0. The minimum atomic E-state index is -0.772. The van der Waals surface area contributed by atoms with Gasteiger partial charge in [0.25, 0.3) is 0 Å². The Labute approximate surface area is 185 Å². The predicted molar refractivity (Wildman–Crippen MR) is 111 cm³/mol. The molecule has 0 saturated carbocycles. The van der Waals surface area contributed by atoms with Crippen molar-refractivity contribution in [2.24, 2.45) is 0 Å². The minimum absolute atomic E-state index is 0.0352. The summed E-state index contributed by atoms with van der Waals surface area (Å²) in [4.78, 5) is 3.89. The van der Waals surface area contributed by atoms with E-state index < -0.39 is 11.6 Å². The highest BCUT2D eigenvalue weighted by molar-refractivity contribution is 6.34. The van der Waals surface area contributed by atoms with Crippen LogP contribution in [-0.2, 0) is 11.3 Å². The molecule has 0 spiro atoms. The summed E-state index contributed by atoms with van der Waals surface area (Å²) in [6.07, 6.45) is 4.41. The van der Waals surface area contributed by atoms with Crippen molar-refractivity contribution in [2.45, 2.75) is 13.5 Å². The smallest absolute Gasteiger partial charge is 0.151 e. The van der Waals surface area contributed by atoms with Gasteiger partial charge in [-0.15, -0.1) is 5.10 Å². The summed E-state index contributed by atoms with van der Waals surface area (Å²) in [5, 5.41) is 13.1. The van der Waals surface area contributed by atoms with Crippen LogP contribution in [0.1, 0.15) is 18.2 Å². The Morgan fingerprint density at radius 3 is 2.55 bits per heavy atom. The second-order valence-corrected chi connectivity index (χ2v) is 7.32. The summed E-state index contributed by atoms with van der Waals surface area (Å²) in [7, 11) is 0. The average Bonchev–Trinajstić information content (AvgIpc) is 3.40. The molecule has 0 saturated heterocycles. The van der Waals surface area contributed by atoms with E-state index in [2.05, 4.69) is 20.4 Å². The Balaban J connectivity index is 1.63. The lowest BCUT2D eigenvalue weighted by Gasteiger charge is -2.14. The van der Waals surface area contributed by atoms with Gasteiger partial charge in [0, 0.05) is 16.1 Å². The molecule has 11 heteroatoms. The van der Waals surface area contributed by atoms with Crippen LogP contribution in [0.3, 0.4) is 0 Å². The lowest BCUT2D eigenvalue weighted by atomic mass is 10.1. The largest absolute Gasteiger partial charge is 0.485 e. The van der Waals surface area contributed by atoms with Gasteiger partial charge in [0.05, 0.1) is 23.1 Å². The number of aromatic nitrogens is 6. The zero-order chi connectivity index (χ0) is 22.0. The molecular formula is C20H14Cl2F2N6O. The molecular weight excluding hydrogens is 449 g/mol. The van der Waals surface area contributed by atoms with Gasteiger partial charge in [-0.25, -0.2) is 23.1 Å². The van der Waals surface area contributed by atoms with Crippen LogP contribution in [-0.4, -0.2) is 29.8 Å². The van der Waals surface area contributed by atoms with Crippen molar-refractivity contribution in [1.82, 2.24) is 29.8 Å². The molecule has 0 N–H and O–H groups in total. The highest BCUT2D eigenvalue weighted by Crippen LogP contribution is 2.27. The van der Waals surface area contributed by atoms with Crippen LogP contribution < -0.4 is 0 Å². The lowest BCUT2D eigenvalue weighted by molar-refractivity contribution is 0.258. The van der Waals surface area contributed by atoms with Gasteiger partial charge in [-0.05, 0) is 37.3 Å². The molecule has 7 nitrogen and oxygen atoms in total. The number of hydrogen-bond donors (Lipinski definition) is 0. The second-order valence-electron chi connectivity index (χ2n) is 6.45. The van der Waals surface area contributed by atoms with Crippen LogP contribution in [0.2, 0.25) is 10.0 Å². The highest BCUT2D eigenvalue weighted by Gasteiger charge is 2.17. The quantitative estimate of drug-likeness (QED) is 0.376. The average molecular weight is 463 g/mol. The highest BCUT2D eigenvalue weighted by atomic mass is 35.5. The molecule has 31 heavy (non-hydrogen) atoms. The van der Waals surface area contributed by atoms with E-state index >= 15 is 0 Å². The number of benzene rings is 2. The molecule has 0 aliphatic carbocycles. The summed E-state index contributed by atoms with van der Waals surface area (Å²) in [6.45, 7) is 1.64. The van der Waals surface area contributed by atoms with Crippen LogP contribution in [0, 0.1) is 11.6 Å². The van der Waals surface area contributed by atoms with Gasteiger partial charge in [0.15, 0.2) is 5.76 Å². The van der Waals surface area contributed by atoms with Crippen LogP contribution in [0.4, 0.5) is 8.78 Å². The summed E-state index contributed by atoms with van der Waals surface area (Å²) < 4.78 is 36.7. The minimum Gasteiger partial charge on any atom is -0.485 e. The number of hydrogen-bond acceptors (Lipinski definition) is 5. The van der Waals surface area contributed by atoms with Gasteiger partial charge in [-0.3, -0.25) is 0 Å². The lowest BCUT2D eigenvalue weighted by Crippen LogP contribution is -2.04. The van der Waals surface area contributed by atoms with Crippen molar-refractivity contribution in [2.75, 3.05) is 0 Å². The number of nitrogens with zero attached hydrogens (tertiary/aromatic N) is 6. The summed E-state index contributed by atoms with van der Waals surface area (Å²) >= 11 is 12.1. The fraction of sp³-hybridized carbons (Fsp3) is 0.100. The number of rotatable bonds is 6. The Kier molecular flexibility index (Phi) is 5.97. The fourth-order valence-electron chi connectivity index (χ4n) is 2.84. The molecule has 0 atom stereocenters. The second kappa shape index (κ2) is 8.83. The molecule has 0 fully saturated rings. The topological polar surface area (TPSA) is 70.7 Å². The van der Waals surface area contributed by atoms with Crippen molar-refractivity contribution in [3.8, 4) is 5.69 Å². The van der Waals surface area contributed by atoms with Crippen molar-refractivity contribution in [3.63, 3.8) is 0 Å². The van der Waals surface area contributed by atoms with E-state index in [4.69, 9.17) is 27.9 Å². The van der Waals surface area contributed by atoms with E-state index in [9.17, 15) is 8.78 Å². The maximum absolute atomic E-state index is 14.5. The maximum atomic E-state index is 14.5. The third-order valence-corrected chi connectivity index (χ3v) is 4.72. The zero-order valence-corrected chi connectivity index (χ0v) is 17.5. The molecule has 4 rings (SSSR count). The fourth-order valence-corrected chi connectivity index (χ4v) is 3.36. The number of allylic oxidation sites excluding steroid dienone is 1. The summed E-state index contributed by atoms with van der Waals surface area (Å²) in [5.74, 6) is -1.31. The first-order valence-corrected chi connectivity index (χ1v) is 9.68. The van der Waals surface area contributed by atoms with Gasteiger partial charge >= 0.3 is 0 Å². The monoisotopic (exact) mass is 462 g/mol. The van der Waals surface area contributed by atoms with Crippen LogP contribution in [0.5, 0.6) is 0 Å². The van der Waals surface area contributed by atoms with Gasteiger partial charge in [0.1, 0.15) is 36.6 Å². The first-order valence-electron chi connectivity index (χ1n) is 8.92. The molecule has 2 aromatic carbocycles. The molecule has 0 aliphatic heterocycles. The van der Waals surface area contributed by atoms with Gasteiger partial charge in [-0.1, -0.05) is 28.4 Å². The summed E-state index contributed by atoms with van der Waals surface area (Å²) in [6, 6.07) is 8.20. The molecule has 0 bridgehead atoms. The van der Waals surface area contributed by atoms with Crippen molar-refractivity contribution >= 4 is 34.7 Å². The Bertz CT molecular complexity index is 1240. The molecule has 2 aromatic heterocycles.